The molecule has 0 unspecified atom stereocenters. The molecule has 0 spiro atoms. The van der Waals surface area contributed by atoms with Crippen LogP contribution in [-0.4, -0.2) is 17.5 Å². The number of carbonyl (C=O) groups excluding carboxylic acids is 1. The highest BCUT2D eigenvalue weighted by Crippen LogP contribution is 2.19. The van der Waals surface area contributed by atoms with Crippen LogP contribution in [0.15, 0.2) is 66.9 Å². The molecule has 1 aromatic heterocycles. The average Bonchev–Trinajstić information content (AvgIpc) is 2.71. The van der Waals surface area contributed by atoms with Crippen molar-refractivity contribution >= 4 is 23.1 Å². The van der Waals surface area contributed by atoms with Crippen molar-refractivity contribution in [1.29, 1.82) is 0 Å². The summed E-state index contributed by atoms with van der Waals surface area (Å²) in [7, 11) is 0. The van der Waals surface area contributed by atoms with E-state index in [0.29, 0.717) is 18.0 Å². The first-order chi connectivity index (χ1) is 13.2. The molecule has 27 heavy (non-hydrogen) atoms. The maximum Gasteiger partial charge on any atom is 0.257 e. The van der Waals surface area contributed by atoms with E-state index in [1.807, 2.05) is 55.5 Å². The van der Waals surface area contributed by atoms with Crippen molar-refractivity contribution in [2.45, 2.75) is 20.3 Å². The Hall–Kier alpha value is -3.34. The number of ether oxygens (including phenoxy) is 1. The normalized spacial score (nSPS) is 10.3. The van der Waals surface area contributed by atoms with Crippen molar-refractivity contribution < 1.29 is 9.53 Å². The van der Waals surface area contributed by atoms with Crippen LogP contribution in [0.3, 0.4) is 0 Å². The zero-order valence-corrected chi connectivity index (χ0v) is 15.5. The summed E-state index contributed by atoms with van der Waals surface area (Å²) in [4.78, 5) is 16.7. The van der Waals surface area contributed by atoms with Crippen LogP contribution in [0.25, 0.3) is 0 Å². The Kier molecular flexibility index (Phi) is 6.05. The number of hydrogen-bond donors (Lipinski definition) is 2. The van der Waals surface area contributed by atoms with E-state index in [0.717, 1.165) is 23.5 Å². The second kappa shape index (κ2) is 8.85. The molecule has 5 heteroatoms. The van der Waals surface area contributed by atoms with Crippen LogP contribution < -0.4 is 15.4 Å². The molecule has 0 fully saturated rings. The smallest absolute Gasteiger partial charge is 0.257 e. The Morgan fingerprint density at radius 3 is 2.22 bits per heavy atom. The van der Waals surface area contributed by atoms with Gasteiger partial charge in [0.05, 0.1) is 12.2 Å². The summed E-state index contributed by atoms with van der Waals surface area (Å²) in [6.07, 6.45) is 2.54. The van der Waals surface area contributed by atoms with Gasteiger partial charge in [-0.3, -0.25) is 4.79 Å². The van der Waals surface area contributed by atoms with Crippen LogP contribution in [0.1, 0.15) is 29.8 Å². The summed E-state index contributed by atoms with van der Waals surface area (Å²) in [6, 6.07) is 19.0. The summed E-state index contributed by atoms with van der Waals surface area (Å²) in [5.41, 5.74) is 3.42. The van der Waals surface area contributed by atoms with Gasteiger partial charge in [-0.25, -0.2) is 4.98 Å². The lowest BCUT2D eigenvalue weighted by Gasteiger charge is -2.09. The Bertz CT molecular complexity index is 873. The van der Waals surface area contributed by atoms with E-state index in [-0.39, 0.29) is 5.91 Å². The van der Waals surface area contributed by atoms with Crippen LogP contribution in [0.5, 0.6) is 5.75 Å². The van der Waals surface area contributed by atoms with Crippen LogP contribution in [-0.2, 0) is 6.42 Å². The lowest BCUT2D eigenvalue weighted by Crippen LogP contribution is -2.12. The van der Waals surface area contributed by atoms with Crippen LogP contribution in [0, 0.1) is 0 Å². The van der Waals surface area contributed by atoms with Gasteiger partial charge in [0.25, 0.3) is 5.91 Å². The SMILES string of the molecule is CCOc1ccc(Nc2ccc(C(=O)Nc3ccc(CC)cc3)cn2)cc1. The Labute approximate surface area is 159 Å². The molecule has 0 saturated heterocycles. The van der Waals surface area contributed by atoms with Crippen molar-refractivity contribution in [3.63, 3.8) is 0 Å². The maximum atomic E-state index is 12.4. The summed E-state index contributed by atoms with van der Waals surface area (Å²) in [6.45, 7) is 4.69. The first kappa shape index (κ1) is 18.5. The number of amides is 1. The van der Waals surface area contributed by atoms with E-state index in [4.69, 9.17) is 4.74 Å². The molecule has 0 bridgehead atoms. The minimum atomic E-state index is -0.181. The first-order valence-electron chi connectivity index (χ1n) is 9.04. The van der Waals surface area contributed by atoms with Crippen molar-refractivity contribution in [2.24, 2.45) is 0 Å². The summed E-state index contributed by atoms with van der Waals surface area (Å²) < 4.78 is 5.43. The van der Waals surface area contributed by atoms with Gasteiger partial charge in [0.2, 0.25) is 0 Å². The molecule has 0 aliphatic heterocycles. The number of nitrogens with one attached hydrogen (secondary N) is 2. The first-order valence-corrected chi connectivity index (χ1v) is 9.04. The van der Waals surface area contributed by atoms with E-state index in [1.54, 1.807) is 18.3 Å². The molecule has 0 saturated carbocycles. The number of benzene rings is 2. The highest BCUT2D eigenvalue weighted by molar-refractivity contribution is 6.04. The number of nitrogens with zero attached hydrogens (tertiary/aromatic N) is 1. The molecule has 2 aromatic carbocycles. The molecule has 1 amide bonds. The van der Waals surface area contributed by atoms with Crippen molar-refractivity contribution in [3.05, 3.63) is 78.0 Å². The van der Waals surface area contributed by atoms with Gasteiger partial charge in [-0.2, -0.15) is 0 Å². The zero-order valence-electron chi connectivity index (χ0n) is 15.5. The summed E-state index contributed by atoms with van der Waals surface area (Å²) in [5, 5.41) is 6.09. The van der Waals surface area contributed by atoms with E-state index >= 15 is 0 Å². The molecule has 5 nitrogen and oxygen atoms in total. The molecule has 3 aromatic rings. The van der Waals surface area contributed by atoms with E-state index in [1.165, 1.54) is 5.56 Å². The fourth-order valence-electron chi connectivity index (χ4n) is 2.58. The highest BCUT2D eigenvalue weighted by atomic mass is 16.5. The fourth-order valence-corrected chi connectivity index (χ4v) is 2.58. The lowest BCUT2D eigenvalue weighted by atomic mass is 10.1. The Balaban J connectivity index is 1.61. The van der Waals surface area contributed by atoms with Crippen LogP contribution in [0.4, 0.5) is 17.2 Å². The Morgan fingerprint density at radius 2 is 1.63 bits per heavy atom. The summed E-state index contributed by atoms with van der Waals surface area (Å²) >= 11 is 0. The molecular formula is C22H23N3O2. The van der Waals surface area contributed by atoms with Gasteiger partial charge < -0.3 is 15.4 Å². The number of aryl methyl sites for hydroxylation is 1. The second-order valence-corrected chi connectivity index (χ2v) is 6.02. The van der Waals surface area contributed by atoms with E-state index < -0.39 is 0 Å². The lowest BCUT2D eigenvalue weighted by molar-refractivity contribution is 0.102. The topological polar surface area (TPSA) is 63.2 Å². The Morgan fingerprint density at radius 1 is 0.926 bits per heavy atom. The van der Waals surface area contributed by atoms with Crippen LogP contribution >= 0.6 is 0 Å². The largest absolute Gasteiger partial charge is 0.494 e. The van der Waals surface area contributed by atoms with Crippen molar-refractivity contribution in [2.75, 3.05) is 17.2 Å². The average molecular weight is 361 g/mol. The third-order valence-corrected chi connectivity index (χ3v) is 4.08. The molecule has 0 aliphatic rings. The minimum Gasteiger partial charge on any atom is -0.494 e. The van der Waals surface area contributed by atoms with Gasteiger partial charge in [-0.1, -0.05) is 19.1 Å². The van der Waals surface area contributed by atoms with Crippen molar-refractivity contribution in [1.82, 2.24) is 4.98 Å². The van der Waals surface area contributed by atoms with Crippen molar-refractivity contribution in [3.8, 4) is 5.75 Å². The maximum absolute atomic E-state index is 12.4. The van der Waals surface area contributed by atoms with Crippen LogP contribution in [0.2, 0.25) is 0 Å². The third kappa shape index (κ3) is 5.07. The molecular weight excluding hydrogens is 338 g/mol. The predicted octanol–water partition coefficient (Wildman–Crippen LogP) is 5.04. The van der Waals surface area contributed by atoms with Gasteiger partial charge in [0, 0.05) is 17.6 Å². The number of hydrogen-bond acceptors (Lipinski definition) is 4. The third-order valence-electron chi connectivity index (χ3n) is 4.08. The number of rotatable bonds is 7. The molecule has 1 heterocycles. The number of carbonyl (C=O) groups is 1. The number of pyridine rings is 1. The second-order valence-electron chi connectivity index (χ2n) is 6.02. The molecule has 2 N–H and O–H groups in total. The standard InChI is InChI=1S/C22H23N3O2/c1-3-16-5-8-19(9-6-16)25-22(26)17-7-14-21(23-15-17)24-18-10-12-20(13-11-18)27-4-2/h5-15H,3-4H2,1-2H3,(H,23,24)(H,25,26). The minimum absolute atomic E-state index is 0.181. The number of anilines is 3. The van der Waals surface area contributed by atoms with Gasteiger partial charge in [0.1, 0.15) is 11.6 Å². The molecule has 138 valence electrons. The van der Waals surface area contributed by atoms with Gasteiger partial charge >= 0.3 is 0 Å². The number of aromatic nitrogens is 1. The molecule has 0 radical (unpaired) electrons. The van der Waals surface area contributed by atoms with Gasteiger partial charge in [-0.15, -0.1) is 0 Å². The van der Waals surface area contributed by atoms with E-state index in [2.05, 4.69) is 22.5 Å². The van der Waals surface area contributed by atoms with Gasteiger partial charge in [0.15, 0.2) is 0 Å². The monoisotopic (exact) mass is 361 g/mol. The predicted molar refractivity (Wildman–Crippen MR) is 109 cm³/mol. The molecule has 3 rings (SSSR count). The highest BCUT2D eigenvalue weighted by Gasteiger charge is 2.07. The quantitative estimate of drug-likeness (QED) is 0.619. The molecule has 0 atom stereocenters. The van der Waals surface area contributed by atoms with E-state index in [9.17, 15) is 4.79 Å². The summed E-state index contributed by atoms with van der Waals surface area (Å²) in [5.74, 6) is 1.32. The fraction of sp³-hybridized carbons (Fsp3) is 0.182. The molecule has 0 aliphatic carbocycles. The zero-order chi connectivity index (χ0) is 19.1. The van der Waals surface area contributed by atoms with Gasteiger partial charge in [-0.05, 0) is 67.4 Å².